The first kappa shape index (κ1) is 24.1. The van der Waals surface area contributed by atoms with E-state index in [0.717, 1.165) is 17.7 Å². The summed E-state index contributed by atoms with van der Waals surface area (Å²) in [6, 6.07) is 6.93. The van der Waals surface area contributed by atoms with Crippen LogP contribution in [0.4, 0.5) is 0 Å². The summed E-state index contributed by atoms with van der Waals surface area (Å²) < 4.78 is 5.14. The van der Waals surface area contributed by atoms with Crippen molar-refractivity contribution in [3.05, 3.63) is 47.0 Å². The van der Waals surface area contributed by atoms with Crippen LogP contribution in [0.5, 0.6) is 0 Å². The molecule has 180 valence electrons. The first-order chi connectivity index (χ1) is 16.3. The monoisotopic (exact) mass is 486 g/mol. The van der Waals surface area contributed by atoms with Gasteiger partial charge in [0.2, 0.25) is 11.8 Å². The highest BCUT2D eigenvalue weighted by atomic mass is 35.5. The molecule has 9 heteroatoms. The Hall–Kier alpha value is -3.00. The Balaban J connectivity index is 1.43. The molecule has 3 unspecified atom stereocenters. The van der Waals surface area contributed by atoms with E-state index in [2.05, 4.69) is 0 Å². The summed E-state index contributed by atoms with van der Waals surface area (Å²) in [7, 11) is 1.51. The highest BCUT2D eigenvalue weighted by Gasteiger charge is 2.49. The number of esters is 1. The van der Waals surface area contributed by atoms with E-state index in [4.69, 9.17) is 16.3 Å². The fourth-order valence-electron chi connectivity index (χ4n) is 5.28. The lowest BCUT2D eigenvalue weighted by molar-refractivity contribution is -0.160. The number of likely N-dealkylation sites (tertiary alicyclic amines) is 1. The van der Waals surface area contributed by atoms with Gasteiger partial charge in [0.25, 0.3) is 5.91 Å². The van der Waals surface area contributed by atoms with Gasteiger partial charge in [-0.2, -0.15) is 0 Å². The number of Topliss-reactive ketones (excluding diaryl/α,β-unsaturated/α-hetero) is 1. The second-order valence-electron chi connectivity index (χ2n) is 9.00. The summed E-state index contributed by atoms with van der Waals surface area (Å²) in [5.74, 6) is -3.18. The van der Waals surface area contributed by atoms with Crippen LogP contribution >= 0.6 is 11.6 Å². The molecule has 2 aliphatic carbocycles. The number of ether oxygens (including phenoxy) is 1. The number of likely N-dealkylation sites (N-methyl/N-ethyl adjacent to an activating group) is 1. The Morgan fingerprint density at radius 3 is 2.35 bits per heavy atom. The molecule has 1 aliphatic heterocycles. The molecule has 3 amide bonds. The number of rotatable bonds is 6. The highest BCUT2D eigenvalue weighted by molar-refractivity contribution is 6.31. The molecule has 0 radical (unpaired) electrons. The van der Waals surface area contributed by atoms with E-state index >= 15 is 0 Å². The van der Waals surface area contributed by atoms with E-state index in [-0.39, 0.29) is 17.6 Å². The fourth-order valence-corrected chi connectivity index (χ4v) is 5.57. The zero-order valence-electron chi connectivity index (χ0n) is 19.0. The second kappa shape index (κ2) is 9.70. The molecule has 2 fully saturated rings. The predicted molar refractivity (Wildman–Crippen MR) is 122 cm³/mol. The van der Waals surface area contributed by atoms with Crippen LogP contribution < -0.4 is 0 Å². The van der Waals surface area contributed by atoms with Crippen LogP contribution in [0.3, 0.4) is 0 Å². The minimum atomic E-state index is -1.23. The highest BCUT2D eigenvalue weighted by Crippen LogP contribution is 2.42. The smallest absolute Gasteiger partial charge is 0.326 e. The molecular formula is C25H27ClN2O6. The number of fused-ring (bicyclic) bond motifs is 1. The van der Waals surface area contributed by atoms with E-state index in [1.807, 2.05) is 12.2 Å². The molecule has 0 bridgehead atoms. The van der Waals surface area contributed by atoms with E-state index in [1.165, 1.54) is 11.9 Å². The van der Waals surface area contributed by atoms with Crippen LogP contribution in [-0.2, 0) is 34.2 Å². The second-order valence-corrected chi connectivity index (χ2v) is 9.41. The van der Waals surface area contributed by atoms with Crippen LogP contribution in [0.2, 0.25) is 5.02 Å². The number of imide groups is 1. The van der Waals surface area contributed by atoms with E-state index in [1.54, 1.807) is 24.3 Å². The number of hydrogen-bond donors (Lipinski definition) is 0. The summed E-state index contributed by atoms with van der Waals surface area (Å²) in [5.41, 5.74) is -0.683. The van der Waals surface area contributed by atoms with E-state index < -0.39 is 42.4 Å². The maximum absolute atomic E-state index is 13.1. The normalized spacial score (nSPS) is 26.4. The molecule has 1 saturated heterocycles. The summed E-state index contributed by atoms with van der Waals surface area (Å²) >= 11 is 6.41. The van der Waals surface area contributed by atoms with Crippen molar-refractivity contribution in [2.45, 2.75) is 44.1 Å². The number of carbonyl (C=O) groups is 5. The van der Waals surface area contributed by atoms with Gasteiger partial charge in [-0.05, 0) is 38.2 Å². The first-order valence-electron chi connectivity index (χ1n) is 11.5. The summed E-state index contributed by atoms with van der Waals surface area (Å²) in [5, 5.41) is 0.386. The van der Waals surface area contributed by atoms with Crippen LogP contribution in [0.25, 0.3) is 0 Å². The minimum Gasteiger partial charge on any atom is -0.454 e. The van der Waals surface area contributed by atoms with Crippen molar-refractivity contribution in [3.8, 4) is 0 Å². The Labute approximate surface area is 202 Å². The lowest BCUT2D eigenvalue weighted by Crippen LogP contribution is -2.55. The lowest BCUT2D eigenvalue weighted by Gasteiger charge is -2.43. The zero-order valence-corrected chi connectivity index (χ0v) is 19.8. The van der Waals surface area contributed by atoms with Crippen LogP contribution in [-0.4, -0.2) is 59.5 Å². The molecule has 8 nitrogen and oxygen atoms in total. The van der Waals surface area contributed by atoms with Gasteiger partial charge in [-0.3, -0.25) is 28.9 Å². The van der Waals surface area contributed by atoms with Crippen molar-refractivity contribution < 1.29 is 28.7 Å². The number of carbonyl (C=O) groups excluding carboxylic acids is 5. The summed E-state index contributed by atoms with van der Waals surface area (Å²) in [6.45, 7) is -1.14. The van der Waals surface area contributed by atoms with Crippen LogP contribution in [0.15, 0.2) is 36.4 Å². The Morgan fingerprint density at radius 2 is 1.74 bits per heavy atom. The van der Waals surface area contributed by atoms with Crippen molar-refractivity contribution in [1.82, 2.24) is 9.80 Å². The molecule has 0 N–H and O–H groups in total. The summed E-state index contributed by atoms with van der Waals surface area (Å²) in [4.78, 5) is 65.9. The number of allylic oxidation sites excluding steroid dienone is 2. The van der Waals surface area contributed by atoms with Gasteiger partial charge in [0.1, 0.15) is 12.1 Å². The molecule has 34 heavy (non-hydrogen) atoms. The molecule has 3 aliphatic rings. The van der Waals surface area contributed by atoms with Gasteiger partial charge in [-0.25, -0.2) is 0 Å². The standard InChI is InChI=1S/C25H27ClN2O6/c1-27(25(13-7-6-12-20(25)29)18-10-4-5-11-19(18)26)21(30)15-34-22(31)14-28-23(32)16-8-2-3-9-17(16)24(28)33/h2-5,10-11,16-17H,6-9,12-15H2,1H3. The molecule has 1 aromatic carbocycles. The van der Waals surface area contributed by atoms with Gasteiger partial charge < -0.3 is 9.64 Å². The molecule has 0 aromatic heterocycles. The SMILES string of the molecule is CN(C(=O)COC(=O)CN1C(=O)C2CC=CCC2C1=O)C1(c2ccccc2Cl)CCCCC1=O. The van der Waals surface area contributed by atoms with Gasteiger partial charge in [0, 0.05) is 24.1 Å². The van der Waals surface area contributed by atoms with Crippen LogP contribution in [0.1, 0.15) is 44.1 Å². The Bertz CT molecular complexity index is 1040. The van der Waals surface area contributed by atoms with Crippen LogP contribution in [0, 0.1) is 11.8 Å². The number of nitrogens with zero attached hydrogens (tertiary/aromatic N) is 2. The quantitative estimate of drug-likeness (QED) is 0.348. The zero-order chi connectivity index (χ0) is 24.5. The average molecular weight is 487 g/mol. The topological polar surface area (TPSA) is 101 Å². The third kappa shape index (κ3) is 4.15. The maximum Gasteiger partial charge on any atom is 0.326 e. The average Bonchev–Trinajstić information content (AvgIpc) is 3.08. The van der Waals surface area contributed by atoms with Crippen molar-refractivity contribution in [1.29, 1.82) is 0 Å². The molecule has 3 atom stereocenters. The maximum atomic E-state index is 13.1. The number of halogens is 1. The molecule has 1 aromatic rings. The van der Waals surface area contributed by atoms with Gasteiger partial charge in [0.15, 0.2) is 12.4 Å². The molecular weight excluding hydrogens is 460 g/mol. The minimum absolute atomic E-state index is 0.112. The van der Waals surface area contributed by atoms with E-state index in [0.29, 0.717) is 36.3 Å². The number of benzene rings is 1. The third-order valence-corrected chi connectivity index (χ3v) is 7.49. The van der Waals surface area contributed by atoms with Gasteiger partial charge in [0.05, 0.1) is 11.8 Å². The third-order valence-electron chi connectivity index (χ3n) is 7.16. The van der Waals surface area contributed by atoms with Crippen molar-refractivity contribution in [2.75, 3.05) is 20.2 Å². The lowest BCUT2D eigenvalue weighted by atomic mass is 9.74. The molecule has 1 heterocycles. The number of amides is 3. The van der Waals surface area contributed by atoms with Gasteiger partial charge >= 0.3 is 5.97 Å². The van der Waals surface area contributed by atoms with Crippen molar-refractivity contribution >= 4 is 41.1 Å². The largest absolute Gasteiger partial charge is 0.454 e. The summed E-state index contributed by atoms with van der Waals surface area (Å²) in [6.07, 6.45) is 6.89. The number of ketones is 1. The van der Waals surface area contributed by atoms with Crippen molar-refractivity contribution in [3.63, 3.8) is 0 Å². The van der Waals surface area contributed by atoms with Crippen molar-refractivity contribution in [2.24, 2.45) is 11.8 Å². The Kier molecular flexibility index (Phi) is 6.89. The molecule has 1 saturated carbocycles. The molecule has 4 rings (SSSR count). The van der Waals surface area contributed by atoms with Gasteiger partial charge in [-0.1, -0.05) is 42.0 Å². The predicted octanol–water partition coefficient (Wildman–Crippen LogP) is 2.63. The Morgan fingerprint density at radius 1 is 1.09 bits per heavy atom. The van der Waals surface area contributed by atoms with Gasteiger partial charge in [-0.15, -0.1) is 0 Å². The number of hydrogen-bond acceptors (Lipinski definition) is 6. The van der Waals surface area contributed by atoms with E-state index in [9.17, 15) is 24.0 Å². The fraction of sp³-hybridized carbons (Fsp3) is 0.480. The first-order valence-corrected chi connectivity index (χ1v) is 11.9. The molecule has 0 spiro atoms.